The van der Waals surface area contributed by atoms with E-state index in [1.165, 1.54) is 31.4 Å². The van der Waals surface area contributed by atoms with E-state index in [0.29, 0.717) is 18.2 Å². The normalized spacial score (nSPS) is 19.0. The fraction of sp³-hybridized carbons (Fsp3) is 0.625. The molecule has 0 heterocycles. The minimum absolute atomic E-state index is 0.157. The molecule has 0 aliphatic heterocycles. The van der Waals surface area contributed by atoms with Crippen molar-refractivity contribution in [2.45, 2.75) is 50.4 Å². The van der Waals surface area contributed by atoms with Gasteiger partial charge in [-0.1, -0.05) is 31.4 Å². The maximum absolute atomic E-state index is 12.8. The van der Waals surface area contributed by atoms with Crippen LogP contribution < -0.4 is 5.73 Å². The first-order valence-corrected chi connectivity index (χ1v) is 7.52. The zero-order chi connectivity index (χ0) is 15.5. The van der Waals surface area contributed by atoms with E-state index in [1.54, 1.807) is 6.07 Å². The Hall–Kier alpha value is -1.07. The molecule has 0 aromatic heterocycles. The molecule has 0 saturated heterocycles. The van der Waals surface area contributed by atoms with E-state index in [2.05, 4.69) is 4.90 Å². The molecule has 21 heavy (non-hydrogen) atoms. The maximum Gasteiger partial charge on any atom is 0.416 e. The fourth-order valence-corrected chi connectivity index (χ4v) is 3.20. The molecule has 2 nitrogen and oxygen atoms in total. The molecule has 1 aliphatic rings. The third-order valence-corrected chi connectivity index (χ3v) is 4.46. The van der Waals surface area contributed by atoms with Crippen molar-refractivity contribution in [2.75, 3.05) is 13.6 Å². The predicted molar refractivity (Wildman–Crippen MR) is 77.9 cm³/mol. The van der Waals surface area contributed by atoms with Crippen molar-refractivity contribution >= 4 is 0 Å². The first-order chi connectivity index (χ1) is 9.93. The Morgan fingerprint density at radius 3 is 2.48 bits per heavy atom. The van der Waals surface area contributed by atoms with Gasteiger partial charge < -0.3 is 5.73 Å². The van der Waals surface area contributed by atoms with Crippen LogP contribution in [0.3, 0.4) is 0 Å². The lowest BCUT2D eigenvalue weighted by Gasteiger charge is -2.37. The van der Waals surface area contributed by atoms with Crippen LogP contribution in [0.2, 0.25) is 0 Å². The molecule has 0 radical (unpaired) electrons. The molecular formula is C16H23F3N2. The van der Waals surface area contributed by atoms with Gasteiger partial charge in [-0.05, 0) is 37.6 Å². The zero-order valence-electron chi connectivity index (χ0n) is 12.4. The highest BCUT2D eigenvalue weighted by Gasteiger charge is 2.32. The number of hydrogen-bond acceptors (Lipinski definition) is 2. The lowest BCUT2D eigenvalue weighted by Crippen LogP contribution is -2.39. The quantitative estimate of drug-likeness (QED) is 0.911. The lowest BCUT2D eigenvalue weighted by atomic mass is 9.92. The van der Waals surface area contributed by atoms with Crippen molar-refractivity contribution in [3.05, 3.63) is 35.4 Å². The molecule has 1 fully saturated rings. The van der Waals surface area contributed by atoms with Gasteiger partial charge in [-0.2, -0.15) is 13.2 Å². The van der Waals surface area contributed by atoms with Crippen LogP contribution >= 0.6 is 0 Å². The number of nitrogens with zero attached hydrogens (tertiary/aromatic N) is 1. The van der Waals surface area contributed by atoms with E-state index in [1.807, 2.05) is 7.05 Å². The highest BCUT2D eigenvalue weighted by molar-refractivity contribution is 5.28. The summed E-state index contributed by atoms with van der Waals surface area (Å²) in [5, 5.41) is 0. The molecule has 0 bridgehead atoms. The number of hydrogen-bond donors (Lipinski definition) is 1. The van der Waals surface area contributed by atoms with Gasteiger partial charge in [0.2, 0.25) is 0 Å². The zero-order valence-corrected chi connectivity index (χ0v) is 12.4. The average Bonchev–Trinajstić information content (AvgIpc) is 2.48. The van der Waals surface area contributed by atoms with E-state index in [9.17, 15) is 13.2 Å². The summed E-state index contributed by atoms with van der Waals surface area (Å²) < 4.78 is 38.5. The van der Waals surface area contributed by atoms with Crippen molar-refractivity contribution in [3.8, 4) is 0 Å². The topological polar surface area (TPSA) is 29.3 Å². The van der Waals surface area contributed by atoms with E-state index < -0.39 is 11.7 Å². The fourth-order valence-electron chi connectivity index (χ4n) is 3.20. The van der Waals surface area contributed by atoms with Crippen LogP contribution in [-0.2, 0) is 6.18 Å². The Labute approximate surface area is 124 Å². The molecule has 2 N–H and O–H groups in total. The molecule has 1 atom stereocenters. The molecule has 118 valence electrons. The van der Waals surface area contributed by atoms with Crippen LogP contribution in [0.5, 0.6) is 0 Å². The third kappa shape index (κ3) is 3.98. The monoisotopic (exact) mass is 300 g/mol. The summed E-state index contributed by atoms with van der Waals surface area (Å²) >= 11 is 0. The van der Waals surface area contributed by atoms with E-state index in [-0.39, 0.29) is 6.04 Å². The smallest absolute Gasteiger partial charge is 0.329 e. The van der Waals surface area contributed by atoms with Crippen molar-refractivity contribution in [2.24, 2.45) is 5.73 Å². The predicted octanol–water partition coefficient (Wildman–Crippen LogP) is 3.97. The Morgan fingerprint density at radius 1 is 1.24 bits per heavy atom. The molecule has 1 unspecified atom stereocenters. The van der Waals surface area contributed by atoms with Crippen LogP contribution in [0.15, 0.2) is 24.3 Å². The molecule has 1 saturated carbocycles. The molecule has 2 rings (SSSR count). The second-order valence-corrected chi connectivity index (χ2v) is 5.83. The summed E-state index contributed by atoms with van der Waals surface area (Å²) in [5.41, 5.74) is 5.90. The second kappa shape index (κ2) is 6.79. The summed E-state index contributed by atoms with van der Waals surface area (Å²) in [6.45, 7) is 0.328. The maximum atomic E-state index is 12.8. The highest BCUT2D eigenvalue weighted by Crippen LogP contribution is 2.33. The highest BCUT2D eigenvalue weighted by atomic mass is 19.4. The summed E-state index contributed by atoms with van der Waals surface area (Å²) in [6.07, 6.45) is 1.53. The standard InChI is InChI=1S/C16H23F3N2/c1-21(14-8-3-2-4-9-14)15(11-20)12-6-5-7-13(10-12)16(17,18)19/h5-7,10,14-15H,2-4,8-9,11,20H2,1H3. The van der Waals surface area contributed by atoms with Gasteiger partial charge in [0.05, 0.1) is 5.56 Å². The number of nitrogens with two attached hydrogens (primary N) is 1. The van der Waals surface area contributed by atoms with E-state index in [4.69, 9.17) is 5.73 Å². The minimum Gasteiger partial charge on any atom is -0.329 e. The molecule has 1 aromatic rings. The minimum atomic E-state index is -4.31. The van der Waals surface area contributed by atoms with Gasteiger partial charge in [-0.15, -0.1) is 0 Å². The van der Waals surface area contributed by atoms with Crippen molar-refractivity contribution in [3.63, 3.8) is 0 Å². The van der Waals surface area contributed by atoms with Crippen LogP contribution in [-0.4, -0.2) is 24.5 Å². The molecule has 1 aliphatic carbocycles. The average molecular weight is 300 g/mol. The van der Waals surface area contributed by atoms with Gasteiger partial charge in [0, 0.05) is 18.6 Å². The van der Waals surface area contributed by atoms with Gasteiger partial charge in [-0.3, -0.25) is 4.90 Å². The number of likely N-dealkylation sites (N-methyl/N-ethyl adjacent to an activating group) is 1. The lowest BCUT2D eigenvalue weighted by molar-refractivity contribution is -0.137. The Bertz CT molecular complexity index is 453. The van der Waals surface area contributed by atoms with Crippen LogP contribution in [0.25, 0.3) is 0 Å². The van der Waals surface area contributed by atoms with Crippen LogP contribution in [0, 0.1) is 0 Å². The van der Waals surface area contributed by atoms with E-state index >= 15 is 0 Å². The Morgan fingerprint density at radius 2 is 1.90 bits per heavy atom. The summed E-state index contributed by atoms with van der Waals surface area (Å²) in [6, 6.07) is 5.81. The van der Waals surface area contributed by atoms with E-state index in [0.717, 1.165) is 18.9 Å². The van der Waals surface area contributed by atoms with Crippen LogP contribution in [0.1, 0.15) is 49.3 Å². The third-order valence-electron chi connectivity index (χ3n) is 4.46. The van der Waals surface area contributed by atoms with Gasteiger partial charge >= 0.3 is 6.18 Å². The summed E-state index contributed by atoms with van der Waals surface area (Å²) in [7, 11) is 1.98. The Kier molecular flexibility index (Phi) is 5.27. The molecule has 1 aromatic carbocycles. The largest absolute Gasteiger partial charge is 0.416 e. The summed E-state index contributed by atoms with van der Waals surface area (Å²) in [4.78, 5) is 2.16. The first-order valence-electron chi connectivity index (χ1n) is 7.52. The first kappa shape index (κ1) is 16.3. The number of alkyl halides is 3. The van der Waals surface area contributed by atoms with Gasteiger partial charge in [0.1, 0.15) is 0 Å². The second-order valence-electron chi connectivity index (χ2n) is 5.83. The van der Waals surface area contributed by atoms with Crippen LogP contribution in [0.4, 0.5) is 13.2 Å². The van der Waals surface area contributed by atoms with Crippen molar-refractivity contribution < 1.29 is 13.2 Å². The SMILES string of the molecule is CN(C1CCCCC1)C(CN)c1cccc(C(F)(F)F)c1. The molecule has 5 heteroatoms. The van der Waals surface area contributed by atoms with Gasteiger partial charge in [-0.25, -0.2) is 0 Å². The summed E-state index contributed by atoms with van der Waals surface area (Å²) in [5.74, 6) is 0. The van der Waals surface area contributed by atoms with Gasteiger partial charge in [0.25, 0.3) is 0 Å². The Balaban J connectivity index is 2.20. The molecular weight excluding hydrogens is 277 g/mol. The number of benzene rings is 1. The van der Waals surface area contributed by atoms with Crippen molar-refractivity contribution in [1.29, 1.82) is 0 Å². The van der Waals surface area contributed by atoms with Crippen molar-refractivity contribution in [1.82, 2.24) is 4.90 Å². The molecule has 0 spiro atoms. The molecule has 0 amide bonds. The number of halogens is 3. The van der Waals surface area contributed by atoms with Gasteiger partial charge in [0.15, 0.2) is 0 Å². The number of rotatable bonds is 4.